The summed E-state index contributed by atoms with van der Waals surface area (Å²) in [5.74, 6) is 0.0816. The number of nitrogens with zero attached hydrogens (tertiary/aromatic N) is 1. The maximum Gasteiger partial charge on any atom is 0.341 e. The fraction of sp³-hybridized carbons (Fsp3) is 0.0588. The predicted octanol–water partition coefficient (Wildman–Crippen LogP) is 6.86. The van der Waals surface area contributed by atoms with Crippen LogP contribution in [0.5, 0.6) is 17.2 Å². The lowest BCUT2D eigenvalue weighted by Crippen LogP contribution is -2.11. The molecule has 0 aliphatic heterocycles. The van der Waals surface area contributed by atoms with Gasteiger partial charge < -0.3 is 24.9 Å². The van der Waals surface area contributed by atoms with Crippen molar-refractivity contribution in [3.63, 3.8) is 0 Å². The number of hydrogen-bond acceptors (Lipinski definition) is 4. The summed E-state index contributed by atoms with van der Waals surface area (Å²) in [5, 5.41) is 10.7. The van der Waals surface area contributed by atoms with E-state index >= 15 is 0 Å². The minimum Gasteiger partial charge on any atom is -0.481 e. The highest BCUT2D eigenvalue weighted by molar-refractivity contribution is 6.20. The van der Waals surface area contributed by atoms with Crippen LogP contribution >= 0.6 is 0 Å². The number of rotatable bonds is 9. The van der Waals surface area contributed by atoms with Crippen molar-refractivity contribution in [2.75, 3.05) is 6.61 Å². The van der Waals surface area contributed by atoms with Crippen molar-refractivity contribution in [3.05, 3.63) is 126 Å². The zero-order valence-electron chi connectivity index (χ0n) is 22.0. The van der Waals surface area contributed by atoms with Gasteiger partial charge in [-0.3, -0.25) is 4.79 Å². The zero-order chi connectivity index (χ0) is 28.3. The Labute approximate surface area is 236 Å². The summed E-state index contributed by atoms with van der Waals surface area (Å²) in [6.45, 7) is -0.131. The summed E-state index contributed by atoms with van der Waals surface area (Å²) < 4.78 is 14.2. The zero-order valence-corrected chi connectivity index (χ0v) is 22.0. The van der Waals surface area contributed by atoms with Gasteiger partial charge in [-0.2, -0.15) is 0 Å². The van der Waals surface area contributed by atoms with E-state index in [9.17, 15) is 14.7 Å². The van der Waals surface area contributed by atoms with Crippen LogP contribution in [0.4, 0.5) is 0 Å². The topological polar surface area (TPSA) is 104 Å². The van der Waals surface area contributed by atoms with Crippen LogP contribution in [0.25, 0.3) is 32.9 Å². The summed E-state index contributed by atoms with van der Waals surface area (Å²) in [6, 6.07) is 36.4. The SMILES string of the molecule is NC(=O)c1cccc2c1c1c(OCC(=O)O)cc(-c3ccccc3)cc1n2Cc1ccccc1Oc1ccccc1. The van der Waals surface area contributed by atoms with E-state index < -0.39 is 18.5 Å². The first kappa shape index (κ1) is 25.7. The van der Waals surface area contributed by atoms with Crippen LogP contribution in [0.1, 0.15) is 15.9 Å². The summed E-state index contributed by atoms with van der Waals surface area (Å²) >= 11 is 0. The Morgan fingerprint density at radius 2 is 1.41 bits per heavy atom. The number of carboxylic acid groups (broad SMARTS) is 1. The van der Waals surface area contributed by atoms with E-state index in [-0.39, 0.29) is 0 Å². The first-order valence-electron chi connectivity index (χ1n) is 13.1. The number of hydrogen-bond donors (Lipinski definition) is 2. The van der Waals surface area contributed by atoms with Gasteiger partial charge in [0.2, 0.25) is 5.91 Å². The molecule has 1 heterocycles. The molecule has 0 aliphatic carbocycles. The average molecular weight is 543 g/mol. The molecule has 0 aliphatic rings. The second-order valence-electron chi connectivity index (χ2n) is 9.59. The van der Waals surface area contributed by atoms with Crippen LogP contribution < -0.4 is 15.2 Å². The van der Waals surface area contributed by atoms with E-state index in [1.54, 1.807) is 12.1 Å². The first-order valence-corrected chi connectivity index (χ1v) is 13.1. The molecule has 1 amide bonds. The number of carboxylic acids is 1. The highest BCUT2D eigenvalue weighted by Gasteiger charge is 2.22. The van der Waals surface area contributed by atoms with Crippen LogP contribution in [0.3, 0.4) is 0 Å². The maximum absolute atomic E-state index is 12.6. The van der Waals surface area contributed by atoms with E-state index in [1.165, 1.54) is 0 Å². The Balaban J connectivity index is 1.61. The quantitative estimate of drug-likeness (QED) is 0.208. The largest absolute Gasteiger partial charge is 0.481 e. The Bertz CT molecular complexity index is 1900. The lowest BCUT2D eigenvalue weighted by Gasteiger charge is -2.15. The summed E-state index contributed by atoms with van der Waals surface area (Å²) in [4.78, 5) is 24.1. The van der Waals surface area contributed by atoms with Gasteiger partial charge in [-0.05, 0) is 53.6 Å². The van der Waals surface area contributed by atoms with Gasteiger partial charge >= 0.3 is 5.97 Å². The minimum atomic E-state index is -1.10. The fourth-order valence-corrected chi connectivity index (χ4v) is 5.17. The van der Waals surface area contributed by atoms with E-state index in [1.807, 2.05) is 103 Å². The number of carbonyl (C=O) groups excluding carboxylic acids is 1. The normalized spacial score (nSPS) is 11.0. The van der Waals surface area contributed by atoms with Crippen LogP contribution in [0, 0.1) is 0 Å². The molecule has 1 aromatic heterocycles. The molecule has 7 nitrogen and oxygen atoms in total. The van der Waals surface area contributed by atoms with Gasteiger partial charge in [0.1, 0.15) is 17.2 Å². The van der Waals surface area contributed by atoms with Crippen LogP contribution in [0.2, 0.25) is 0 Å². The number of para-hydroxylation sites is 2. The molecule has 3 N–H and O–H groups in total. The van der Waals surface area contributed by atoms with Crippen molar-refractivity contribution in [2.45, 2.75) is 6.54 Å². The standard InChI is InChI=1S/C34H26N2O5/c35-34(39)26-15-9-16-27-32(26)33-28(18-24(22-10-3-1-4-11-22)19-30(33)40-21-31(37)38)36(27)20-23-12-7-8-17-29(23)41-25-13-5-2-6-14-25/h1-19H,20-21H2,(H2,35,39)(H,37,38). The van der Waals surface area contributed by atoms with Crippen molar-refractivity contribution in [3.8, 4) is 28.4 Å². The highest BCUT2D eigenvalue weighted by atomic mass is 16.5. The molecule has 5 aromatic carbocycles. The molecule has 41 heavy (non-hydrogen) atoms. The number of carbonyl (C=O) groups is 2. The minimum absolute atomic E-state index is 0.327. The Morgan fingerprint density at radius 1 is 0.707 bits per heavy atom. The van der Waals surface area contributed by atoms with Crippen LogP contribution in [-0.2, 0) is 11.3 Å². The van der Waals surface area contributed by atoms with Crippen LogP contribution in [-0.4, -0.2) is 28.2 Å². The number of ether oxygens (including phenoxy) is 2. The molecule has 0 saturated heterocycles. The Morgan fingerprint density at radius 3 is 2.15 bits per heavy atom. The number of aliphatic carboxylic acids is 1. The molecular weight excluding hydrogens is 516 g/mol. The monoisotopic (exact) mass is 542 g/mol. The molecule has 0 radical (unpaired) electrons. The number of nitrogens with two attached hydrogens (primary N) is 1. The van der Waals surface area contributed by atoms with E-state index in [0.717, 1.165) is 27.7 Å². The number of fused-ring (bicyclic) bond motifs is 3. The molecule has 0 unspecified atom stereocenters. The number of benzene rings is 5. The van der Waals surface area contributed by atoms with Gasteiger partial charge in [0, 0.05) is 16.5 Å². The molecule has 202 valence electrons. The summed E-state index contributed by atoms with van der Waals surface area (Å²) in [5.41, 5.74) is 10.4. The van der Waals surface area contributed by atoms with Crippen LogP contribution in [0.15, 0.2) is 115 Å². The van der Waals surface area contributed by atoms with Gasteiger partial charge in [0.25, 0.3) is 0 Å². The smallest absolute Gasteiger partial charge is 0.341 e. The van der Waals surface area contributed by atoms with Crippen molar-refractivity contribution in [1.29, 1.82) is 0 Å². The summed E-state index contributed by atoms with van der Waals surface area (Å²) in [7, 11) is 0. The second-order valence-corrected chi connectivity index (χ2v) is 9.59. The predicted molar refractivity (Wildman–Crippen MR) is 159 cm³/mol. The molecule has 6 aromatic rings. The van der Waals surface area contributed by atoms with Gasteiger partial charge in [0.05, 0.1) is 23.0 Å². The lowest BCUT2D eigenvalue weighted by atomic mass is 10.0. The molecule has 0 spiro atoms. The van der Waals surface area contributed by atoms with E-state index in [0.29, 0.717) is 40.1 Å². The van der Waals surface area contributed by atoms with Gasteiger partial charge in [-0.25, -0.2) is 4.79 Å². The van der Waals surface area contributed by atoms with Gasteiger partial charge in [0.15, 0.2) is 6.61 Å². The molecule has 0 fully saturated rings. The van der Waals surface area contributed by atoms with E-state index in [2.05, 4.69) is 4.57 Å². The fourth-order valence-electron chi connectivity index (χ4n) is 5.17. The van der Waals surface area contributed by atoms with Crippen molar-refractivity contribution >= 4 is 33.7 Å². The third kappa shape index (κ3) is 5.08. The third-order valence-electron chi connectivity index (χ3n) is 6.95. The summed E-state index contributed by atoms with van der Waals surface area (Å²) in [6.07, 6.45) is 0. The number of aromatic nitrogens is 1. The Kier molecular flexibility index (Phi) is 6.83. The van der Waals surface area contributed by atoms with Gasteiger partial charge in [-0.1, -0.05) is 72.8 Å². The molecule has 6 rings (SSSR count). The van der Waals surface area contributed by atoms with Gasteiger partial charge in [-0.15, -0.1) is 0 Å². The number of primary amides is 1. The van der Waals surface area contributed by atoms with Crippen molar-refractivity contribution < 1.29 is 24.2 Å². The molecule has 0 atom stereocenters. The third-order valence-corrected chi connectivity index (χ3v) is 6.95. The molecule has 7 heteroatoms. The van der Waals surface area contributed by atoms with Crippen molar-refractivity contribution in [2.24, 2.45) is 5.73 Å². The maximum atomic E-state index is 12.6. The number of amides is 1. The molecule has 0 saturated carbocycles. The van der Waals surface area contributed by atoms with Crippen molar-refractivity contribution in [1.82, 2.24) is 4.57 Å². The average Bonchev–Trinajstić information content (AvgIpc) is 3.31. The van der Waals surface area contributed by atoms with E-state index in [4.69, 9.17) is 15.2 Å². The first-order chi connectivity index (χ1) is 20.0. The second kappa shape index (κ2) is 10.9. The lowest BCUT2D eigenvalue weighted by molar-refractivity contribution is -0.139. The Hall–Kier alpha value is -5.56. The highest BCUT2D eigenvalue weighted by Crippen LogP contribution is 2.41. The molecular formula is C34H26N2O5. The molecule has 0 bridgehead atoms.